The Labute approximate surface area is 207 Å². The van der Waals surface area contributed by atoms with Crippen LogP contribution in [0.1, 0.15) is 59.9 Å². The lowest BCUT2D eigenvalue weighted by Gasteiger charge is -2.48. The first kappa shape index (κ1) is 26.9. The summed E-state index contributed by atoms with van der Waals surface area (Å²) in [5.41, 5.74) is 0.197. The molecule has 2 aliphatic rings. The number of piperazine rings is 1. The number of anilines is 1. The van der Waals surface area contributed by atoms with Gasteiger partial charge in [-0.15, -0.1) is 0 Å². The van der Waals surface area contributed by atoms with Crippen molar-refractivity contribution < 1.29 is 28.2 Å². The molecule has 3 atom stereocenters. The first-order valence-electron chi connectivity index (χ1n) is 12.2. The van der Waals surface area contributed by atoms with Gasteiger partial charge in [0, 0.05) is 24.3 Å². The van der Waals surface area contributed by atoms with Crippen molar-refractivity contribution >= 4 is 23.7 Å². The Balaban J connectivity index is 1.81. The number of amides is 2. The predicted octanol–water partition coefficient (Wildman–Crippen LogP) is 3.80. The second-order valence-electron chi connectivity index (χ2n) is 11.2. The molecule has 0 aromatic heterocycles. The Morgan fingerprint density at radius 2 is 2.00 bits per heavy atom. The Hall–Kier alpha value is -2.68. The minimum atomic E-state index is -0.684. The van der Waals surface area contributed by atoms with Gasteiger partial charge in [-0.25, -0.2) is 9.18 Å². The zero-order chi connectivity index (χ0) is 26.1. The van der Waals surface area contributed by atoms with E-state index in [2.05, 4.69) is 5.32 Å². The van der Waals surface area contributed by atoms with Gasteiger partial charge in [-0.05, 0) is 72.1 Å². The van der Waals surface area contributed by atoms with Crippen LogP contribution in [0.25, 0.3) is 0 Å². The van der Waals surface area contributed by atoms with Crippen LogP contribution in [-0.2, 0) is 19.1 Å². The molecule has 0 bridgehead atoms. The molecule has 1 aromatic carbocycles. The zero-order valence-electron chi connectivity index (χ0n) is 21.8. The molecule has 35 heavy (non-hydrogen) atoms. The van der Waals surface area contributed by atoms with Crippen molar-refractivity contribution in [2.45, 2.75) is 84.6 Å². The highest BCUT2D eigenvalue weighted by molar-refractivity contribution is 5.96. The van der Waals surface area contributed by atoms with E-state index in [1.807, 2.05) is 32.6 Å². The number of hydrogen-bond acceptors (Lipinski definition) is 6. The van der Waals surface area contributed by atoms with Crippen molar-refractivity contribution in [1.29, 1.82) is 0 Å². The van der Waals surface area contributed by atoms with Crippen LogP contribution in [0, 0.1) is 18.7 Å². The lowest BCUT2D eigenvalue weighted by atomic mass is 9.94. The summed E-state index contributed by atoms with van der Waals surface area (Å²) in [6.07, 6.45) is 0.0301. The van der Waals surface area contributed by atoms with Gasteiger partial charge in [0.05, 0.1) is 18.5 Å². The van der Waals surface area contributed by atoms with Crippen molar-refractivity contribution in [3.8, 4) is 0 Å². The first-order valence-corrected chi connectivity index (χ1v) is 12.2. The third kappa shape index (κ3) is 6.51. The van der Waals surface area contributed by atoms with Crippen LogP contribution in [0.15, 0.2) is 18.2 Å². The molecule has 0 aliphatic carbocycles. The van der Waals surface area contributed by atoms with Crippen molar-refractivity contribution in [3.63, 3.8) is 0 Å². The van der Waals surface area contributed by atoms with E-state index >= 15 is 0 Å². The number of nitrogens with zero attached hydrogens (tertiary/aromatic N) is 2. The zero-order valence-corrected chi connectivity index (χ0v) is 21.8. The van der Waals surface area contributed by atoms with E-state index in [1.54, 1.807) is 31.7 Å². The van der Waals surface area contributed by atoms with E-state index in [9.17, 15) is 18.8 Å². The number of ether oxygens (including phenoxy) is 2. The molecule has 1 N–H and O–H groups in total. The maximum atomic E-state index is 13.9. The Morgan fingerprint density at radius 3 is 2.60 bits per heavy atom. The van der Waals surface area contributed by atoms with E-state index in [0.29, 0.717) is 31.6 Å². The minimum Gasteiger partial charge on any atom is -0.460 e. The number of rotatable bonds is 6. The van der Waals surface area contributed by atoms with E-state index in [-0.39, 0.29) is 24.3 Å². The van der Waals surface area contributed by atoms with Crippen molar-refractivity contribution in [2.75, 3.05) is 24.5 Å². The highest BCUT2D eigenvalue weighted by Crippen LogP contribution is 2.31. The number of esters is 1. The standard InChI is InChI=1S/C26H38FN3O5/c1-8-17-11-21(34-23(17)32)19(28-24(33)35-25(3,4)5)13-29-14-22(31)30(15-26(29,6)7)20-12-18(27)10-9-16(20)2/h9-10,12,17,19,21H,8,11,13-15H2,1-7H3,(H,28,33)/t17-,19+,21+/m1/s1. The number of alkyl carbamates (subject to hydrolysis) is 1. The SMILES string of the molecule is CC[C@@H]1C[C@@H]([C@H](CN2CC(=O)N(c3cc(F)ccc3C)CC2(C)C)NC(=O)OC(C)(C)C)OC1=O. The number of nitrogens with one attached hydrogen (secondary N) is 1. The molecule has 1 aromatic rings. The summed E-state index contributed by atoms with van der Waals surface area (Å²) in [5.74, 6) is -1.04. The summed E-state index contributed by atoms with van der Waals surface area (Å²) in [4.78, 5) is 41.7. The van der Waals surface area contributed by atoms with Gasteiger partial charge < -0.3 is 19.7 Å². The second-order valence-corrected chi connectivity index (χ2v) is 11.2. The smallest absolute Gasteiger partial charge is 0.408 e. The number of carbonyl (C=O) groups excluding carboxylic acids is 3. The van der Waals surface area contributed by atoms with E-state index < -0.39 is 35.2 Å². The lowest BCUT2D eigenvalue weighted by Crippen LogP contribution is -2.65. The van der Waals surface area contributed by atoms with E-state index in [4.69, 9.17) is 9.47 Å². The van der Waals surface area contributed by atoms with Crippen molar-refractivity contribution in [1.82, 2.24) is 10.2 Å². The normalized spacial score (nSPS) is 23.7. The van der Waals surface area contributed by atoms with Crippen LogP contribution >= 0.6 is 0 Å². The van der Waals surface area contributed by atoms with Crippen LogP contribution in [0.3, 0.4) is 0 Å². The molecule has 2 amide bonds. The fraction of sp³-hybridized carbons (Fsp3) is 0.654. The van der Waals surface area contributed by atoms with Gasteiger partial charge in [-0.3, -0.25) is 14.5 Å². The number of aryl methyl sites for hydroxylation is 1. The molecule has 0 saturated carbocycles. The number of hydrogen-bond donors (Lipinski definition) is 1. The van der Waals surface area contributed by atoms with Gasteiger partial charge in [0.2, 0.25) is 5.91 Å². The highest BCUT2D eigenvalue weighted by atomic mass is 19.1. The summed E-state index contributed by atoms with van der Waals surface area (Å²) in [6.45, 7) is 13.8. The topological polar surface area (TPSA) is 88.2 Å². The van der Waals surface area contributed by atoms with Crippen LogP contribution in [0.4, 0.5) is 14.9 Å². The molecule has 2 saturated heterocycles. The maximum Gasteiger partial charge on any atom is 0.408 e. The van der Waals surface area contributed by atoms with Gasteiger partial charge in [0.15, 0.2) is 0 Å². The average molecular weight is 492 g/mol. The number of cyclic esters (lactones) is 1. The second kappa shape index (κ2) is 10.1. The molecular formula is C26H38FN3O5. The number of benzene rings is 1. The molecular weight excluding hydrogens is 453 g/mol. The molecule has 0 spiro atoms. The van der Waals surface area contributed by atoms with Crippen LogP contribution < -0.4 is 10.2 Å². The Kier molecular flexibility index (Phi) is 7.79. The number of carbonyl (C=O) groups is 3. The molecule has 2 aliphatic heterocycles. The molecule has 2 fully saturated rings. The van der Waals surface area contributed by atoms with Crippen LogP contribution in [0.5, 0.6) is 0 Å². The molecule has 2 heterocycles. The average Bonchev–Trinajstić information content (AvgIpc) is 3.11. The summed E-state index contributed by atoms with van der Waals surface area (Å²) in [7, 11) is 0. The van der Waals surface area contributed by atoms with Gasteiger partial charge in [0.1, 0.15) is 17.5 Å². The summed E-state index contributed by atoms with van der Waals surface area (Å²) in [6, 6.07) is 3.87. The third-order valence-electron chi connectivity index (χ3n) is 6.67. The van der Waals surface area contributed by atoms with Gasteiger partial charge in [-0.1, -0.05) is 13.0 Å². The van der Waals surface area contributed by atoms with E-state index in [0.717, 1.165) is 5.56 Å². The third-order valence-corrected chi connectivity index (χ3v) is 6.67. The predicted molar refractivity (Wildman–Crippen MR) is 131 cm³/mol. The maximum absolute atomic E-state index is 13.9. The van der Waals surface area contributed by atoms with Crippen molar-refractivity contribution in [3.05, 3.63) is 29.6 Å². The van der Waals surface area contributed by atoms with Crippen molar-refractivity contribution in [2.24, 2.45) is 5.92 Å². The molecule has 9 heteroatoms. The summed E-state index contributed by atoms with van der Waals surface area (Å²) in [5, 5.41) is 2.89. The van der Waals surface area contributed by atoms with Gasteiger partial charge in [-0.2, -0.15) is 0 Å². The van der Waals surface area contributed by atoms with Crippen LogP contribution in [0.2, 0.25) is 0 Å². The Morgan fingerprint density at radius 1 is 1.31 bits per heavy atom. The highest BCUT2D eigenvalue weighted by Gasteiger charge is 2.44. The fourth-order valence-electron chi connectivity index (χ4n) is 4.64. The van der Waals surface area contributed by atoms with E-state index in [1.165, 1.54) is 12.1 Å². The quantitative estimate of drug-likeness (QED) is 0.609. The molecule has 8 nitrogen and oxygen atoms in total. The first-order chi connectivity index (χ1) is 16.2. The molecule has 0 radical (unpaired) electrons. The fourth-order valence-corrected chi connectivity index (χ4v) is 4.64. The van der Waals surface area contributed by atoms with Crippen LogP contribution in [-0.4, -0.2) is 65.8 Å². The molecule has 3 rings (SSSR count). The summed E-state index contributed by atoms with van der Waals surface area (Å²) >= 11 is 0. The number of halogens is 1. The van der Waals surface area contributed by atoms with Gasteiger partial charge in [0.25, 0.3) is 0 Å². The largest absolute Gasteiger partial charge is 0.460 e. The monoisotopic (exact) mass is 491 g/mol. The Bertz CT molecular complexity index is 974. The lowest BCUT2D eigenvalue weighted by molar-refractivity contribution is -0.145. The van der Waals surface area contributed by atoms with Gasteiger partial charge >= 0.3 is 12.1 Å². The molecule has 194 valence electrons. The summed E-state index contributed by atoms with van der Waals surface area (Å²) < 4.78 is 25.0. The molecule has 0 unspecified atom stereocenters. The minimum absolute atomic E-state index is 0.0767.